The number of pyridine rings is 1. The summed E-state index contributed by atoms with van der Waals surface area (Å²) in [4.78, 5) is 4.79. The molecule has 0 aliphatic carbocycles. The highest BCUT2D eigenvalue weighted by atomic mass is 32.1. The summed E-state index contributed by atoms with van der Waals surface area (Å²) in [5.41, 5.74) is 2.09. The maximum Gasteiger partial charge on any atom is 0.235 e. The van der Waals surface area contributed by atoms with Gasteiger partial charge in [-0.2, -0.15) is 9.61 Å². The van der Waals surface area contributed by atoms with Gasteiger partial charge in [0.1, 0.15) is 5.01 Å². The number of hydrogen-bond donors (Lipinski definition) is 0. The van der Waals surface area contributed by atoms with Crippen molar-refractivity contribution in [2.45, 2.75) is 0 Å². The molecule has 3 aromatic heterocycles. The molecule has 0 amide bonds. The fraction of sp³-hybridized carbons (Fsp3) is 0. The molecule has 0 atom stereocenters. The third-order valence-corrected chi connectivity index (χ3v) is 4.03. The molecule has 0 bridgehead atoms. The van der Waals surface area contributed by atoms with E-state index in [2.05, 4.69) is 32.4 Å². The van der Waals surface area contributed by atoms with Crippen LogP contribution in [0.25, 0.3) is 28.5 Å². The van der Waals surface area contributed by atoms with Crippen molar-refractivity contribution >= 4 is 28.4 Å². The van der Waals surface area contributed by atoms with E-state index in [1.807, 2.05) is 42.5 Å². The second-order valence-corrected chi connectivity index (χ2v) is 5.63. The van der Waals surface area contributed by atoms with Crippen LogP contribution in [0.3, 0.4) is 0 Å². The van der Waals surface area contributed by atoms with Crippen molar-refractivity contribution in [3.8, 4) is 11.4 Å². The van der Waals surface area contributed by atoms with Gasteiger partial charge >= 0.3 is 0 Å². The van der Waals surface area contributed by atoms with Gasteiger partial charge in [-0.05, 0) is 23.8 Å². The zero-order chi connectivity index (χ0) is 14.8. The van der Waals surface area contributed by atoms with Crippen LogP contribution in [0.2, 0.25) is 0 Å². The molecule has 0 saturated carbocycles. The fourth-order valence-corrected chi connectivity index (χ4v) is 2.85. The highest BCUT2D eigenvalue weighted by molar-refractivity contribution is 7.17. The van der Waals surface area contributed by atoms with Crippen LogP contribution in [0, 0.1) is 0 Å². The fourth-order valence-electron chi connectivity index (χ4n) is 2.11. The molecule has 0 saturated heterocycles. The summed E-state index contributed by atoms with van der Waals surface area (Å²) in [6.45, 7) is 0. The zero-order valence-corrected chi connectivity index (χ0v) is 12.3. The quantitative estimate of drug-likeness (QED) is 0.582. The van der Waals surface area contributed by atoms with Gasteiger partial charge in [-0.1, -0.05) is 47.7 Å². The van der Waals surface area contributed by atoms with Crippen LogP contribution in [0.4, 0.5) is 0 Å². The van der Waals surface area contributed by atoms with Gasteiger partial charge in [-0.25, -0.2) is 0 Å². The summed E-state index contributed by atoms with van der Waals surface area (Å²) >= 11 is 1.51. The van der Waals surface area contributed by atoms with E-state index < -0.39 is 0 Å². The van der Waals surface area contributed by atoms with E-state index in [4.69, 9.17) is 0 Å². The van der Waals surface area contributed by atoms with Crippen molar-refractivity contribution in [3.63, 3.8) is 0 Å². The average molecular weight is 305 g/mol. The lowest BCUT2D eigenvalue weighted by atomic mass is 10.2. The second kappa shape index (κ2) is 5.50. The second-order valence-electron chi connectivity index (χ2n) is 4.64. The van der Waals surface area contributed by atoms with Crippen LogP contribution in [0.5, 0.6) is 0 Å². The van der Waals surface area contributed by atoms with Crippen molar-refractivity contribution < 1.29 is 0 Å². The molecule has 0 radical (unpaired) electrons. The first-order valence-corrected chi connectivity index (χ1v) is 7.57. The summed E-state index contributed by atoms with van der Waals surface area (Å²) in [5.74, 6) is 0.730. The summed E-state index contributed by atoms with van der Waals surface area (Å²) in [6, 6.07) is 13.9. The summed E-state index contributed by atoms with van der Waals surface area (Å²) in [6.07, 6.45) is 7.50. The summed E-state index contributed by atoms with van der Waals surface area (Å²) in [7, 11) is 0. The first-order valence-electron chi connectivity index (χ1n) is 6.76. The van der Waals surface area contributed by atoms with Crippen molar-refractivity contribution in [3.05, 3.63) is 65.4 Å². The molecule has 106 valence electrons. The van der Waals surface area contributed by atoms with Gasteiger partial charge in [0.2, 0.25) is 4.96 Å². The third-order valence-electron chi connectivity index (χ3n) is 3.16. The number of hydrogen-bond acceptors (Lipinski definition) is 5. The first-order chi connectivity index (χ1) is 10.9. The van der Waals surface area contributed by atoms with Crippen molar-refractivity contribution in [2.24, 2.45) is 0 Å². The molecule has 0 N–H and O–H groups in total. The standard InChI is InChI=1S/C16H11N5S/c1-2-4-12(5-3-1)6-7-14-20-21-15(18-19-16(21)22-14)13-8-10-17-11-9-13/h1-11H. The molecule has 6 heteroatoms. The van der Waals surface area contributed by atoms with Crippen LogP contribution in [-0.4, -0.2) is 24.8 Å². The number of nitrogens with zero attached hydrogens (tertiary/aromatic N) is 5. The first kappa shape index (κ1) is 12.8. The molecule has 0 aliphatic rings. The van der Waals surface area contributed by atoms with E-state index in [1.54, 1.807) is 16.9 Å². The highest BCUT2D eigenvalue weighted by Gasteiger charge is 2.11. The monoisotopic (exact) mass is 305 g/mol. The molecule has 0 aliphatic heterocycles. The van der Waals surface area contributed by atoms with Gasteiger partial charge in [0.15, 0.2) is 5.82 Å². The smallest absolute Gasteiger partial charge is 0.235 e. The number of fused-ring (bicyclic) bond motifs is 1. The summed E-state index contributed by atoms with van der Waals surface area (Å²) < 4.78 is 1.77. The Morgan fingerprint density at radius 3 is 2.55 bits per heavy atom. The van der Waals surface area contributed by atoms with Crippen LogP contribution in [0.15, 0.2) is 54.9 Å². The normalized spacial score (nSPS) is 11.5. The molecule has 4 rings (SSSR count). The molecule has 4 aromatic rings. The Hall–Kier alpha value is -2.86. The lowest BCUT2D eigenvalue weighted by molar-refractivity contribution is 0.959. The predicted molar refractivity (Wildman–Crippen MR) is 87.3 cm³/mol. The van der Waals surface area contributed by atoms with Gasteiger partial charge in [0, 0.05) is 18.0 Å². The Morgan fingerprint density at radius 2 is 1.73 bits per heavy atom. The van der Waals surface area contributed by atoms with Gasteiger partial charge < -0.3 is 0 Å². The molecule has 0 spiro atoms. The van der Waals surface area contributed by atoms with Gasteiger partial charge in [-0.15, -0.1) is 10.2 Å². The minimum Gasteiger partial charge on any atom is -0.265 e. The van der Waals surface area contributed by atoms with Crippen molar-refractivity contribution in [1.29, 1.82) is 0 Å². The summed E-state index contributed by atoms with van der Waals surface area (Å²) in [5, 5.41) is 13.8. The van der Waals surface area contributed by atoms with Gasteiger partial charge in [0.25, 0.3) is 0 Å². The zero-order valence-electron chi connectivity index (χ0n) is 11.5. The van der Waals surface area contributed by atoms with E-state index in [-0.39, 0.29) is 0 Å². The maximum atomic E-state index is 4.57. The molecule has 5 nitrogen and oxygen atoms in total. The van der Waals surface area contributed by atoms with Crippen LogP contribution in [-0.2, 0) is 0 Å². The number of rotatable bonds is 3. The number of benzene rings is 1. The Balaban J connectivity index is 1.70. The van der Waals surface area contributed by atoms with Crippen LogP contribution >= 0.6 is 11.3 Å². The molecule has 0 unspecified atom stereocenters. The SMILES string of the molecule is C(=Cc1nn2c(-c3ccncc3)nnc2s1)c1ccccc1. The molecular formula is C16H11N5S. The van der Waals surface area contributed by atoms with Gasteiger partial charge in [-0.3, -0.25) is 4.98 Å². The topological polar surface area (TPSA) is 56.0 Å². The van der Waals surface area contributed by atoms with Crippen molar-refractivity contribution in [1.82, 2.24) is 24.8 Å². The third kappa shape index (κ3) is 2.40. The predicted octanol–water partition coefficient (Wildman–Crippen LogP) is 3.42. The molecular weight excluding hydrogens is 294 g/mol. The Bertz CT molecular complexity index is 925. The van der Waals surface area contributed by atoms with E-state index in [0.29, 0.717) is 0 Å². The highest BCUT2D eigenvalue weighted by Crippen LogP contribution is 2.22. The number of aromatic nitrogens is 5. The van der Waals surface area contributed by atoms with E-state index in [0.717, 1.165) is 26.9 Å². The molecule has 0 fully saturated rings. The van der Waals surface area contributed by atoms with Crippen LogP contribution in [0.1, 0.15) is 10.6 Å². The Kier molecular flexibility index (Phi) is 3.21. The Morgan fingerprint density at radius 1 is 0.909 bits per heavy atom. The van der Waals surface area contributed by atoms with Gasteiger partial charge in [0.05, 0.1) is 0 Å². The minimum absolute atomic E-state index is 0.730. The van der Waals surface area contributed by atoms with E-state index in [1.165, 1.54) is 11.3 Å². The Labute approximate surface area is 130 Å². The molecule has 1 aromatic carbocycles. The van der Waals surface area contributed by atoms with Crippen LogP contribution < -0.4 is 0 Å². The average Bonchev–Trinajstić information content (AvgIpc) is 3.15. The van der Waals surface area contributed by atoms with Crippen molar-refractivity contribution in [2.75, 3.05) is 0 Å². The molecule has 3 heterocycles. The lowest BCUT2D eigenvalue weighted by Gasteiger charge is -1.94. The minimum atomic E-state index is 0.730. The van der Waals surface area contributed by atoms with E-state index in [9.17, 15) is 0 Å². The van der Waals surface area contributed by atoms with E-state index >= 15 is 0 Å². The lowest BCUT2D eigenvalue weighted by Crippen LogP contribution is -1.90. The largest absolute Gasteiger partial charge is 0.265 e. The molecule has 22 heavy (non-hydrogen) atoms. The maximum absolute atomic E-state index is 4.57.